The molecule has 0 saturated heterocycles. The molecule has 0 aliphatic carbocycles. The number of nitrogens with one attached hydrogen (secondary N) is 1. The second-order valence-electron chi connectivity index (χ2n) is 10.4. The minimum atomic E-state index is -1.11. The fraction of sp³-hybridized carbons (Fsp3) is 0.419. The Morgan fingerprint density at radius 2 is 1.77 bits per heavy atom. The molecule has 44 heavy (non-hydrogen) atoms. The Morgan fingerprint density at radius 1 is 1.07 bits per heavy atom. The van der Waals surface area contributed by atoms with Crippen LogP contribution in [0.2, 0.25) is 0 Å². The molecule has 0 unspecified atom stereocenters. The van der Waals surface area contributed by atoms with Crippen molar-refractivity contribution in [1.29, 1.82) is 0 Å². The first kappa shape index (κ1) is 38.4. The molecule has 242 valence electrons. The number of amides is 2. The zero-order valence-corrected chi connectivity index (χ0v) is 27.5. The second kappa shape index (κ2) is 18.2. The van der Waals surface area contributed by atoms with Gasteiger partial charge < -0.3 is 29.4 Å². The Balaban J connectivity index is 0.000000841. The normalized spacial score (nSPS) is 13.6. The van der Waals surface area contributed by atoms with Crippen molar-refractivity contribution in [3.63, 3.8) is 0 Å². The number of carboxylic acids is 1. The highest BCUT2D eigenvalue weighted by atomic mass is 35.5. The van der Waals surface area contributed by atoms with Gasteiger partial charge in [-0.3, -0.25) is 19.5 Å². The van der Waals surface area contributed by atoms with Crippen molar-refractivity contribution in [3.05, 3.63) is 72.4 Å². The van der Waals surface area contributed by atoms with Crippen LogP contribution in [0.5, 0.6) is 5.75 Å². The van der Waals surface area contributed by atoms with Gasteiger partial charge >= 0.3 is 5.97 Å². The van der Waals surface area contributed by atoms with Gasteiger partial charge in [-0.2, -0.15) is 0 Å². The summed E-state index contributed by atoms with van der Waals surface area (Å²) in [5, 5.41) is 11.4. The van der Waals surface area contributed by atoms with E-state index in [1.165, 1.54) is 24.0 Å². The largest absolute Gasteiger partial charge is 0.493 e. The molecule has 3 aromatic rings. The number of benzene rings is 1. The number of anilines is 2. The van der Waals surface area contributed by atoms with Crippen LogP contribution in [0.1, 0.15) is 43.3 Å². The lowest BCUT2D eigenvalue weighted by Gasteiger charge is -2.27. The molecule has 1 aromatic carbocycles. The molecule has 1 aliphatic rings. The van der Waals surface area contributed by atoms with Crippen molar-refractivity contribution in [1.82, 2.24) is 15.2 Å². The lowest BCUT2D eigenvalue weighted by molar-refractivity contribution is -0.137. The van der Waals surface area contributed by atoms with Crippen molar-refractivity contribution in [2.24, 2.45) is 5.41 Å². The summed E-state index contributed by atoms with van der Waals surface area (Å²) < 4.78 is 10.6. The number of furan rings is 1. The minimum Gasteiger partial charge on any atom is -0.493 e. The van der Waals surface area contributed by atoms with Gasteiger partial charge in [0.1, 0.15) is 11.2 Å². The number of carboxylic acid groups (broad SMARTS) is 1. The van der Waals surface area contributed by atoms with Gasteiger partial charge in [0.2, 0.25) is 17.6 Å². The van der Waals surface area contributed by atoms with Crippen LogP contribution in [0.3, 0.4) is 0 Å². The van der Waals surface area contributed by atoms with Crippen LogP contribution < -0.4 is 19.9 Å². The van der Waals surface area contributed by atoms with E-state index in [0.29, 0.717) is 24.6 Å². The molecular formula is C31H43Cl2N5O6. The Hall–Kier alpha value is -3.64. The predicted molar refractivity (Wildman–Crippen MR) is 175 cm³/mol. The van der Waals surface area contributed by atoms with E-state index in [9.17, 15) is 14.4 Å². The van der Waals surface area contributed by atoms with Crippen molar-refractivity contribution in [3.8, 4) is 5.75 Å². The Bertz CT molecular complexity index is 1320. The Morgan fingerprint density at radius 3 is 2.34 bits per heavy atom. The average molecular weight is 653 g/mol. The number of hydrogen-bond donors (Lipinski definition) is 2. The highest BCUT2D eigenvalue weighted by molar-refractivity contribution is 6.20. The standard InChI is InChI=1S/C26H37N5O3.C5H4O3.2ClH/c1-6-31-22-9-8-21(18-23(22)29(5)24(32)26(2,3)25(31)33)34-17-7-15-30(16-14-27-4)19-20-10-12-28-13-11-20;6-5(7)4-2-1-3-8-4;;/h8-13,18,27H,6-7,14-17,19H2,1-5H3;1-3H,(H,6,7);2*1H. The summed E-state index contributed by atoms with van der Waals surface area (Å²) in [7, 11) is 3.68. The number of hydrogen-bond acceptors (Lipinski definition) is 8. The highest BCUT2D eigenvalue weighted by Gasteiger charge is 2.45. The average Bonchev–Trinajstić information content (AvgIpc) is 3.53. The van der Waals surface area contributed by atoms with Gasteiger partial charge in [-0.15, -0.1) is 24.8 Å². The van der Waals surface area contributed by atoms with Crippen LogP contribution in [0.25, 0.3) is 0 Å². The molecule has 11 nitrogen and oxygen atoms in total. The van der Waals surface area contributed by atoms with E-state index in [0.717, 1.165) is 38.3 Å². The molecule has 1 aliphatic heterocycles. The SMILES string of the molecule is CCN1C(=O)C(C)(C)C(=O)N(C)c2cc(OCCCN(CCNC)Cc3ccncc3)ccc21.Cl.Cl.O=C(O)c1ccco1. The molecule has 0 radical (unpaired) electrons. The third-order valence-electron chi connectivity index (χ3n) is 6.99. The van der Waals surface area contributed by atoms with Crippen LogP contribution in [-0.2, 0) is 16.1 Å². The monoisotopic (exact) mass is 651 g/mol. The third-order valence-corrected chi connectivity index (χ3v) is 6.99. The zero-order chi connectivity index (χ0) is 30.7. The van der Waals surface area contributed by atoms with Crippen molar-refractivity contribution < 1.29 is 28.6 Å². The number of aromatic carboxylic acids is 1. The summed E-state index contributed by atoms with van der Waals surface area (Å²) in [4.78, 5) is 45.7. The maximum atomic E-state index is 13.0. The Kier molecular flexibility index (Phi) is 15.9. The van der Waals surface area contributed by atoms with E-state index in [1.54, 1.807) is 30.7 Å². The maximum absolute atomic E-state index is 13.0. The molecule has 3 heterocycles. The van der Waals surface area contributed by atoms with Crippen molar-refractivity contribution in [2.45, 2.75) is 33.7 Å². The highest BCUT2D eigenvalue weighted by Crippen LogP contribution is 2.40. The molecule has 0 atom stereocenters. The predicted octanol–water partition coefficient (Wildman–Crippen LogP) is 4.75. The van der Waals surface area contributed by atoms with Gasteiger partial charge in [-0.05, 0) is 76.2 Å². The quantitative estimate of drug-likeness (QED) is 0.211. The third kappa shape index (κ3) is 9.95. The summed E-state index contributed by atoms with van der Waals surface area (Å²) in [5.74, 6) is -0.768. The van der Waals surface area contributed by atoms with E-state index < -0.39 is 11.4 Å². The number of carbonyl (C=O) groups excluding carboxylic acids is 2. The van der Waals surface area contributed by atoms with Crippen molar-refractivity contribution in [2.75, 3.05) is 56.7 Å². The first-order chi connectivity index (χ1) is 20.1. The smallest absolute Gasteiger partial charge is 0.371 e. The molecule has 0 spiro atoms. The fourth-order valence-electron chi connectivity index (χ4n) is 4.64. The lowest BCUT2D eigenvalue weighted by atomic mass is 9.90. The second-order valence-corrected chi connectivity index (χ2v) is 10.4. The number of fused-ring (bicyclic) bond motifs is 1. The van der Waals surface area contributed by atoms with Crippen LogP contribution in [0.4, 0.5) is 11.4 Å². The summed E-state index contributed by atoms with van der Waals surface area (Å²) in [6.07, 6.45) is 5.84. The summed E-state index contributed by atoms with van der Waals surface area (Å²) in [6, 6.07) is 12.6. The fourth-order valence-corrected chi connectivity index (χ4v) is 4.64. The van der Waals surface area contributed by atoms with Crippen LogP contribution >= 0.6 is 24.8 Å². The van der Waals surface area contributed by atoms with E-state index in [1.807, 2.05) is 56.7 Å². The molecule has 2 amide bonds. The number of halogens is 2. The van der Waals surface area contributed by atoms with Gasteiger partial charge in [0.05, 0.1) is 24.2 Å². The number of rotatable bonds is 12. The Labute approximate surface area is 271 Å². The summed E-state index contributed by atoms with van der Waals surface area (Å²) in [5.41, 5.74) is 1.55. The van der Waals surface area contributed by atoms with E-state index in [-0.39, 0.29) is 42.4 Å². The van der Waals surface area contributed by atoms with E-state index in [2.05, 4.69) is 19.6 Å². The molecular weight excluding hydrogens is 609 g/mol. The van der Waals surface area contributed by atoms with E-state index in [4.69, 9.17) is 9.84 Å². The molecule has 0 saturated carbocycles. The topological polar surface area (TPSA) is 128 Å². The van der Waals surface area contributed by atoms with Gasteiger partial charge in [-0.25, -0.2) is 4.79 Å². The van der Waals surface area contributed by atoms with Crippen LogP contribution in [0, 0.1) is 5.41 Å². The number of nitrogens with zero attached hydrogens (tertiary/aromatic N) is 4. The minimum absolute atomic E-state index is 0. The molecule has 0 fully saturated rings. The van der Waals surface area contributed by atoms with Crippen molar-refractivity contribution >= 4 is 54.0 Å². The number of ether oxygens (including phenoxy) is 1. The molecule has 2 N–H and O–H groups in total. The number of carbonyl (C=O) groups is 3. The van der Waals surface area contributed by atoms with Gasteiger partial charge in [0.15, 0.2) is 0 Å². The number of likely N-dealkylation sites (N-methyl/N-ethyl adjacent to an activating group) is 1. The first-order valence-corrected chi connectivity index (χ1v) is 14.0. The molecule has 13 heteroatoms. The van der Waals surface area contributed by atoms with Gasteiger partial charge in [-0.1, -0.05) is 0 Å². The molecule has 0 bridgehead atoms. The van der Waals surface area contributed by atoms with Crippen LogP contribution in [-0.4, -0.2) is 79.7 Å². The van der Waals surface area contributed by atoms with E-state index >= 15 is 0 Å². The maximum Gasteiger partial charge on any atom is 0.371 e. The van der Waals surface area contributed by atoms with Gasteiger partial charge in [0.25, 0.3) is 0 Å². The molecule has 2 aromatic heterocycles. The van der Waals surface area contributed by atoms with Gasteiger partial charge in [0, 0.05) is 58.2 Å². The van der Waals surface area contributed by atoms with Crippen LogP contribution in [0.15, 0.2) is 65.5 Å². The summed E-state index contributed by atoms with van der Waals surface area (Å²) >= 11 is 0. The first-order valence-electron chi connectivity index (χ1n) is 14.0. The summed E-state index contributed by atoms with van der Waals surface area (Å²) in [6.45, 7) is 9.98. The number of pyridine rings is 1. The lowest BCUT2D eigenvalue weighted by Crippen LogP contribution is -2.47. The number of aromatic nitrogens is 1. The zero-order valence-electron chi connectivity index (χ0n) is 25.8. The molecule has 4 rings (SSSR count).